The number of benzene rings is 1. The Morgan fingerprint density at radius 1 is 1.33 bits per heavy atom. The molecule has 1 aromatic carbocycles. The molecule has 4 nitrogen and oxygen atoms in total. The molecule has 0 aliphatic rings. The largest absolute Gasteiger partial charge is 0.364 e. The number of carbonyl (C=O) groups excluding carboxylic acids is 1. The lowest BCUT2D eigenvalue weighted by atomic mass is 9.99. The SMILES string of the molecule is CNC(=O)c1c[nH]c(C)c(-c2cccc(C(F)F)c2)c1=O. The maximum atomic E-state index is 12.8. The number of amides is 1. The topological polar surface area (TPSA) is 62.0 Å². The van der Waals surface area contributed by atoms with Gasteiger partial charge >= 0.3 is 0 Å². The van der Waals surface area contributed by atoms with Gasteiger partial charge in [0.25, 0.3) is 12.3 Å². The molecule has 0 unspecified atom stereocenters. The number of alkyl halides is 2. The standard InChI is InChI=1S/C15H14F2N2O2/c1-8-12(9-4-3-5-10(6-9)14(16)17)13(20)11(7-19-8)15(21)18-2/h3-7,14H,1-2H3,(H,18,21)(H,19,20). The second-order valence-corrected chi connectivity index (χ2v) is 4.54. The van der Waals surface area contributed by atoms with Crippen LogP contribution in [0.25, 0.3) is 11.1 Å². The van der Waals surface area contributed by atoms with Crippen molar-refractivity contribution >= 4 is 5.91 Å². The van der Waals surface area contributed by atoms with Crippen LogP contribution < -0.4 is 10.7 Å². The van der Waals surface area contributed by atoms with E-state index < -0.39 is 17.8 Å². The van der Waals surface area contributed by atoms with E-state index in [-0.39, 0.29) is 16.7 Å². The van der Waals surface area contributed by atoms with Crippen LogP contribution in [0.5, 0.6) is 0 Å². The maximum Gasteiger partial charge on any atom is 0.263 e. The monoisotopic (exact) mass is 292 g/mol. The third kappa shape index (κ3) is 2.84. The van der Waals surface area contributed by atoms with E-state index in [1.54, 1.807) is 13.0 Å². The molecule has 0 saturated carbocycles. The number of rotatable bonds is 3. The van der Waals surface area contributed by atoms with Gasteiger partial charge < -0.3 is 10.3 Å². The highest BCUT2D eigenvalue weighted by molar-refractivity contribution is 5.95. The minimum Gasteiger partial charge on any atom is -0.364 e. The molecule has 21 heavy (non-hydrogen) atoms. The molecule has 0 atom stereocenters. The summed E-state index contributed by atoms with van der Waals surface area (Å²) >= 11 is 0. The van der Waals surface area contributed by atoms with Crippen molar-refractivity contribution in [3.05, 3.63) is 57.5 Å². The smallest absolute Gasteiger partial charge is 0.263 e. The number of halogens is 2. The number of hydrogen-bond donors (Lipinski definition) is 2. The predicted molar refractivity (Wildman–Crippen MR) is 75.6 cm³/mol. The van der Waals surface area contributed by atoms with Gasteiger partial charge in [0.2, 0.25) is 5.43 Å². The van der Waals surface area contributed by atoms with Crippen molar-refractivity contribution in [3.63, 3.8) is 0 Å². The number of nitrogens with one attached hydrogen (secondary N) is 2. The lowest BCUT2D eigenvalue weighted by Gasteiger charge is -2.09. The Balaban J connectivity index is 2.66. The molecule has 1 heterocycles. The average molecular weight is 292 g/mol. The van der Waals surface area contributed by atoms with Gasteiger partial charge in [-0.15, -0.1) is 0 Å². The van der Waals surface area contributed by atoms with Crippen molar-refractivity contribution in [1.29, 1.82) is 0 Å². The Morgan fingerprint density at radius 3 is 2.67 bits per heavy atom. The zero-order valence-electron chi connectivity index (χ0n) is 11.5. The van der Waals surface area contributed by atoms with E-state index in [0.717, 1.165) is 0 Å². The van der Waals surface area contributed by atoms with E-state index in [9.17, 15) is 18.4 Å². The summed E-state index contributed by atoms with van der Waals surface area (Å²) in [5.74, 6) is -0.525. The number of carbonyl (C=O) groups is 1. The van der Waals surface area contributed by atoms with Crippen LogP contribution in [-0.2, 0) is 0 Å². The van der Waals surface area contributed by atoms with Crippen molar-refractivity contribution in [2.24, 2.45) is 0 Å². The summed E-state index contributed by atoms with van der Waals surface area (Å²) in [4.78, 5) is 26.9. The van der Waals surface area contributed by atoms with E-state index in [0.29, 0.717) is 11.3 Å². The molecule has 1 aromatic heterocycles. The van der Waals surface area contributed by atoms with E-state index in [1.807, 2.05) is 0 Å². The molecule has 6 heteroatoms. The fourth-order valence-electron chi connectivity index (χ4n) is 2.10. The van der Waals surface area contributed by atoms with E-state index in [4.69, 9.17) is 0 Å². The first-order chi connectivity index (χ1) is 9.95. The minimum atomic E-state index is -2.62. The van der Waals surface area contributed by atoms with Gasteiger partial charge in [0, 0.05) is 30.1 Å². The number of aromatic amines is 1. The second-order valence-electron chi connectivity index (χ2n) is 4.54. The van der Waals surface area contributed by atoms with Crippen LogP contribution in [0, 0.1) is 6.92 Å². The first-order valence-corrected chi connectivity index (χ1v) is 6.28. The highest BCUT2D eigenvalue weighted by Gasteiger charge is 2.17. The van der Waals surface area contributed by atoms with Gasteiger partial charge in [-0.3, -0.25) is 9.59 Å². The third-order valence-electron chi connectivity index (χ3n) is 3.18. The van der Waals surface area contributed by atoms with E-state index in [2.05, 4.69) is 10.3 Å². The predicted octanol–water partition coefficient (Wildman–Crippen LogP) is 2.65. The summed E-state index contributed by atoms with van der Waals surface area (Å²) in [6, 6.07) is 5.58. The Labute approximate surface area is 119 Å². The Bertz CT molecular complexity index is 739. The lowest BCUT2D eigenvalue weighted by molar-refractivity contribution is 0.0961. The van der Waals surface area contributed by atoms with Crippen LogP contribution in [-0.4, -0.2) is 17.9 Å². The molecule has 0 aliphatic carbocycles. The van der Waals surface area contributed by atoms with Crippen molar-refractivity contribution in [1.82, 2.24) is 10.3 Å². The number of hydrogen-bond acceptors (Lipinski definition) is 2. The van der Waals surface area contributed by atoms with Gasteiger partial charge in [-0.25, -0.2) is 8.78 Å². The Morgan fingerprint density at radius 2 is 2.05 bits per heavy atom. The van der Waals surface area contributed by atoms with Crippen LogP contribution >= 0.6 is 0 Å². The van der Waals surface area contributed by atoms with E-state index >= 15 is 0 Å². The van der Waals surface area contributed by atoms with Crippen LogP contribution in [0.3, 0.4) is 0 Å². The molecule has 0 fully saturated rings. The molecule has 2 N–H and O–H groups in total. The van der Waals surface area contributed by atoms with Gasteiger partial charge in [-0.2, -0.15) is 0 Å². The molecule has 0 radical (unpaired) electrons. The second kappa shape index (κ2) is 5.87. The van der Waals surface area contributed by atoms with Crippen molar-refractivity contribution < 1.29 is 13.6 Å². The molecule has 2 aromatic rings. The average Bonchev–Trinajstić information content (AvgIpc) is 2.47. The summed E-state index contributed by atoms with van der Waals surface area (Å²) in [7, 11) is 1.42. The summed E-state index contributed by atoms with van der Waals surface area (Å²) < 4.78 is 25.6. The van der Waals surface area contributed by atoms with Crippen molar-refractivity contribution in [2.45, 2.75) is 13.3 Å². The highest BCUT2D eigenvalue weighted by Crippen LogP contribution is 2.25. The minimum absolute atomic E-state index is 0.0550. The molecular formula is C15H14F2N2O2. The first-order valence-electron chi connectivity index (χ1n) is 6.28. The number of H-pyrrole nitrogens is 1. The first kappa shape index (κ1) is 14.9. The summed E-state index contributed by atoms with van der Waals surface area (Å²) in [5, 5.41) is 2.37. The normalized spacial score (nSPS) is 10.7. The molecule has 0 aliphatic heterocycles. The fraction of sp³-hybridized carbons (Fsp3) is 0.200. The van der Waals surface area contributed by atoms with Gasteiger partial charge in [0.15, 0.2) is 0 Å². The summed E-state index contributed by atoms with van der Waals surface area (Å²) in [6.45, 7) is 1.65. The number of aryl methyl sites for hydroxylation is 1. The molecule has 0 saturated heterocycles. The molecule has 0 bridgehead atoms. The number of aromatic nitrogens is 1. The van der Waals surface area contributed by atoms with E-state index in [1.165, 1.54) is 31.4 Å². The maximum absolute atomic E-state index is 12.8. The zero-order valence-corrected chi connectivity index (χ0v) is 11.5. The molecule has 1 amide bonds. The van der Waals surface area contributed by atoms with Gasteiger partial charge in [0.05, 0.1) is 0 Å². The van der Waals surface area contributed by atoms with Gasteiger partial charge in [-0.05, 0) is 18.6 Å². The Hall–Kier alpha value is -2.50. The number of pyridine rings is 1. The molecule has 2 rings (SSSR count). The van der Waals surface area contributed by atoms with Crippen LogP contribution in [0.4, 0.5) is 8.78 Å². The van der Waals surface area contributed by atoms with Crippen LogP contribution in [0.2, 0.25) is 0 Å². The van der Waals surface area contributed by atoms with Crippen molar-refractivity contribution in [2.75, 3.05) is 7.05 Å². The third-order valence-corrected chi connectivity index (χ3v) is 3.18. The molecular weight excluding hydrogens is 278 g/mol. The Kier molecular flexibility index (Phi) is 4.16. The lowest BCUT2D eigenvalue weighted by Crippen LogP contribution is -2.27. The quantitative estimate of drug-likeness (QED) is 0.913. The van der Waals surface area contributed by atoms with Crippen LogP contribution in [0.15, 0.2) is 35.3 Å². The highest BCUT2D eigenvalue weighted by atomic mass is 19.3. The summed E-state index contributed by atoms with van der Waals surface area (Å²) in [5.41, 5.74) is 0.379. The zero-order chi connectivity index (χ0) is 15.6. The van der Waals surface area contributed by atoms with Crippen molar-refractivity contribution in [3.8, 4) is 11.1 Å². The fourth-order valence-corrected chi connectivity index (χ4v) is 2.10. The van der Waals surface area contributed by atoms with Gasteiger partial charge in [0.1, 0.15) is 5.56 Å². The van der Waals surface area contributed by atoms with Gasteiger partial charge in [-0.1, -0.05) is 18.2 Å². The molecule has 110 valence electrons. The molecule has 0 spiro atoms. The van der Waals surface area contributed by atoms with Crippen LogP contribution in [0.1, 0.15) is 28.0 Å². The summed E-state index contributed by atoms with van der Waals surface area (Å²) in [6.07, 6.45) is -1.30.